The van der Waals surface area contributed by atoms with Crippen LogP contribution in [-0.2, 0) is 0 Å². The quantitative estimate of drug-likeness (QED) is 0.882. The Bertz CT molecular complexity index is 526. The highest BCUT2D eigenvalue weighted by molar-refractivity contribution is 5.92. The number of H-pyrrole nitrogens is 1. The maximum Gasteiger partial charge on any atom is 0.0621 e. The molecule has 1 aliphatic heterocycles. The summed E-state index contributed by atoms with van der Waals surface area (Å²) in [6.07, 6.45) is 6.13. The zero-order valence-electron chi connectivity index (χ0n) is 11.7. The summed E-state index contributed by atoms with van der Waals surface area (Å²) >= 11 is 0. The van der Waals surface area contributed by atoms with Crippen molar-refractivity contribution in [2.45, 2.75) is 19.3 Å². The number of aromatic amines is 1. The molecule has 0 saturated carbocycles. The van der Waals surface area contributed by atoms with Gasteiger partial charge in [0.05, 0.1) is 5.69 Å². The van der Waals surface area contributed by atoms with Gasteiger partial charge in [0, 0.05) is 30.7 Å². The Balaban J connectivity index is 1.64. The number of anilines is 1. The van der Waals surface area contributed by atoms with Gasteiger partial charge in [-0.05, 0) is 44.3 Å². The van der Waals surface area contributed by atoms with E-state index in [1.807, 2.05) is 0 Å². The summed E-state index contributed by atoms with van der Waals surface area (Å²) in [7, 11) is 2.20. The summed E-state index contributed by atoms with van der Waals surface area (Å²) in [4.78, 5) is 5.74. The number of fused-ring (bicyclic) bond motifs is 1. The number of aromatic nitrogens is 1. The van der Waals surface area contributed by atoms with Crippen molar-refractivity contribution in [2.75, 3.05) is 31.6 Å². The molecule has 3 heteroatoms. The van der Waals surface area contributed by atoms with Crippen LogP contribution in [0.5, 0.6) is 0 Å². The normalized spacial score (nSPS) is 19.7. The number of hydrogen-bond acceptors (Lipinski definition) is 2. The molecule has 19 heavy (non-hydrogen) atoms. The first-order valence-electron chi connectivity index (χ1n) is 7.32. The van der Waals surface area contributed by atoms with E-state index in [2.05, 4.69) is 52.7 Å². The Morgan fingerprint density at radius 1 is 1.32 bits per heavy atom. The number of para-hydroxylation sites is 1. The van der Waals surface area contributed by atoms with E-state index in [0.717, 1.165) is 12.5 Å². The highest BCUT2D eigenvalue weighted by Crippen LogP contribution is 2.26. The van der Waals surface area contributed by atoms with Gasteiger partial charge in [-0.25, -0.2) is 0 Å². The minimum absolute atomic E-state index is 0.849. The van der Waals surface area contributed by atoms with E-state index >= 15 is 0 Å². The van der Waals surface area contributed by atoms with Crippen molar-refractivity contribution in [3.8, 4) is 0 Å². The van der Waals surface area contributed by atoms with Gasteiger partial charge < -0.3 is 15.2 Å². The minimum atomic E-state index is 0.849. The third kappa shape index (κ3) is 2.76. The molecule has 0 aliphatic carbocycles. The second-order valence-corrected chi connectivity index (χ2v) is 5.64. The molecule has 1 aromatic heterocycles. The number of nitrogens with zero attached hydrogens (tertiary/aromatic N) is 1. The van der Waals surface area contributed by atoms with Crippen LogP contribution in [-0.4, -0.2) is 31.7 Å². The van der Waals surface area contributed by atoms with Crippen LogP contribution in [0.1, 0.15) is 19.3 Å². The predicted molar refractivity (Wildman–Crippen MR) is 81.8 cm³/mol. The van der Waals surface area contributed by atoms with Gasteiger partial charge in [-0.15, -0.1) is 0 Å². The van der Waals surface area contributed by atoms with E-state index in [1.54, 1.807) is 0 Å². The van der Waals surface area contributed by atoms with Gasteiger partial charge in [-0.2, -0.15) is 0 Å². The molecule has 0 bridgehead atoms. The summed E-state index contributed by atoms with van der Waals surface area (Å²) in [6.45, 7) is 3.53. The summed E-state index contributed by atoms with van der Waals surface area (Å²) in [5, 5.41) is 4.82. The molecule has 2 aromatic rings. The minimum Gasteiger partial charge on any atom is -0.373 e. The number of benzene rings is 1. The van der Waals surface area contributed by atoms with Crippen LogP contribution >= 0.6 is 0 Å². The van der Waals surface area contributed by atoms with Crippen molar-refractivity contribution in [3.63, 3.8) is 0 Å². The Morgan fingerprint density at radius 2 is 2.21 bits per heavy atom. The average Bonchev–Trinajstić information content (AvgIpc) is 2.90. The number of hydrogen-bond donors (Lipinski definition) is 2. The molecule has 2 heterocycles. The molecule has 0 amide bonds. The lowest BCUT2D eigenvalue weighted by Gasteiger charge is -2.26. The third-order valence-corrected chi connectivity index (χ3v) is 4.25. The number of piperidine rings is 1. The largest absolute Gasteiger partial charge is 0.373 e. The molecule has 1 atom stereocenters. The fourth-order valence-corrected chi connectivity index (χ4v) is 3.04. The zero-order valence-corrected chi connectivity index (χ0v) is 11.7. The number of rotatable bonds is 4. The molecular weight excluding hydrogens is 234 g/mol. The van der Waals surface area contributed by atoms with E-state index in [9.17, 15) is 0 Å². The molecule has 1 saturated heterocycles. The molecule has 0 spiro atoms. The van der Waals surface area contributed by atoms with Crippen molar-refractivity contribution in [1.82, 2.24) is 10.3 Å². The summed E-state index contributed by atoms with van der Waals surface area (Å²) < 4.78 is 0. The fraction of sp³-hybridized carbons (Fsp3) is 0.500. The van der Waals surface area contributed by atoms with Gasteiger partial charge in [0.2, 0.25) is 0 Å². The van der Waals surface area contributed by atoms with Gasteiger partial charge in [0.15, 0.2) is 0 Å². The highest BCUT2D eigenvalue weighted by Gasteiger charge is 2.14. The van der Waals surface area contributed by atoms with Crippen LogP contribution in [0, 0.1) is 5.92 Å². The van der Waals surface area contributed by atoms with Gasteiger partial charge in [-0.1, -0.05) is 18.2 Å². The van der Waals surface area contributed by atoms with Crippen molar-refractivity contribution < 1.29 is 0 Å². The van der Waals surface area contributed by atoms with Crippen LogP contribution < -0.4 is 10.2 Å². The standard InChI is InChI=1S/C16H23N3/c1-19(10-8-13-5-4-9-17-11-13)16-12-18-15-7-3-2-6-14(15)16/h2-3,6-7,12-13,17-18H,4-5,8-11H2,1H3. The topological polar surface area (TPSA) is 31.1 Å². The van der Waals surface area contributed by atoms with Gasteiger partial charge in [0.25, 0.3) is 0 Å². The lowest BCUT2D eigenvalue weighted by atomic mass is 9.96. The van der Waals surface area contributed by atoms with Crippen molar-refractivity contribution in [3.05, 3.63) is 30.5 Å². The fourth-order valence-electron chi connectivity index (χ4n) is 3.04. The molecular formula is C16H23N3. The Labute approximate surface area is 115 Å². The Hall–Kier alpha value is -1.48. The first-order valence-corrected chi connectivity index (χ1v) is 7.32. The summed E-state index contributed by atoms with van der Waals surface area (Å²) in [5.74, 6) is 0.849. The summed E-state index contributed by atoms with van der Waals surface area (Å²) in [5.41, 5.74) is 2.54. The molecule has 0 radical (unpaired) electrons. The Morgan fingerprint density at radius 3 is 3.05 bits per heavy atom. The van der Waals surface area contributed by atoms with Crippen molar-refractivity contribution in [2.24, 2.45) is 5.92 Å². The van der Waals surface area contributed by atoms with Crippen LogP contribution in [0.4, 0.5) is 5.69 Å². The maximum absolute atomic E-state index is 3.50. The van der Waals surface area contributed by atoms with E-state index in [-0.39, 0.29) is 0 Å². The molecule has 1 fully saturated rings. The molecule has 1 aliphatic rings. The monoisotopic (exact) mass is 257 g/mol. The lowest BCUT2D eigenvalue weighted by molar-refractivity contribution is 0.360. The Kier molecular flexibility index (Phi) is 3.74. The predicted octanol–water partition coefficient (Wildman–Crippen LogP) is 2.99. The van der Waals surface area contributed by atoms with E-state index in [4.69, 9.17) is 0 Å². The first kappa shape index (κ1) is 12.5. The number of nitrogens with one attached hydrogen (secondary N) is 2. The molecule has 1 unspecified atom stereocenters. The van der Waals surface area contributed by atoms with E-state index in [1.165, 1.54) is 48.9 Å². The summed E-state index contributed by atoms with van der Waals surface area (Å²) in [6, 6.07) is 8.52. The molecule has 2 N–H and O–H groups in total. The van der Waals surface area contributed by atoms with Gasteiger partial charge >= 0.3 is 0 Å². The molecule has 3 rings (SSSR count). The van der Waals surface area contributed by atoms with E-state index < -0.39 is 0 Å². The first-order chi connectivity index (χ1) is 9.34. The van der Waals surface area contributed by atoms with Gasteiger partial charge in [0.1, 0.15) is 0 Å². The van der Waals surface area contributed by atoms with E-state index in [0.29, 0.717) is 0 Å². The molecule has 3 nitrogen and oxygen atoms in total. The second-order valence-electron chi connectivity index (χ2n) is 5.64. The van der Waals surface area contributed by atoms with Crippen LogP contribution in [0.3, 0.4) is 0 Å². The third-order valence-electron chi connectivity index (χ3n) is 4.25. The van der Waals surface area contributed by atoms with Crippen LogP contribution in [0.2, 0.25) is 0 Å². The highest BCUT2D eigenvalue weighted by atomic mass is 15.1. The average molecular weight is 257 g/mol. The zero-order chi connectivity index (χ0) is 13.1. The maximum atomic E-state index is 3.50. The SMILES string of the molecule is CN(CCC1CCCNC1)c1c[nH]c2ccccc12. The smallest absolute Gasteiger partial charge is 0.0621 e. The molecule has 1 aromatic carbocycles. The van der Waals surface area contributed by atoms with Gasteiger partial charge in [-0.3, -0.25) is 0 Å². The second kappa shape index (κ2) is 5.66. The lowest BCUT2D eigenvalue weighted by Crippen LogP contribution is -2.32. The van der Waals surface area contributed by atoms with Crippen molar-refractivity contribution in [1.29, 1.82) is 0 Å². The molecule has 102 valence electrons. The van der Waals surface area contributed by atoms with Crippen LogP contribution in [0.15, 0.2) is 30.5 Å². The van der Waals surface area contributed by atoms with Crippen molar-refractivity contribution >= 4 is 16.6 Å². The van der Waals surface area contributed by atoms with Crippen LogP contribution in [0.25, 0.3) is 10.9 Å².